The lowest BCUT2D eigenvalue weighted by molar-refractivity contribution is -0.120. The van der Waals surface area contributed by atoms with Crippen LogP contribution in [0.2, 0.25) is 0 Å². The summed E-state index contributed by atoms with van der Waals surface area (Å²) in [5.74, 6) is -0.383. The predicted molar refractivity (Wildman–Crippen MR) is 61.8 cm³/mol. The molecule has 92 valence electrons. The van der Waals surface area contributed by atoms with Crippen LogP contribution in [0, 0.1) is 5.92 Å². The third kappa shape index (κ3) is 3.12. The van der Waals surface area contributed by atoms with Crippen molar-refractivity contribution >= 4 is 11.9 Å². The second-order valence-corrected chi connectivity index (χ2v) is 4.41. The molecular formula is C11H21N3O2. The third-order valence-electron chi connectivity index (χ3n) is 3.19. The van der Waals surface area contributed by atoms with E-state index in [-0.39, 0.29) is 11.9 Å². The molecule has 0 spiro atoms. The molecule has 16 heavy (non-hydrogen) atoms. The Kier molecular flexibility index (Phi) is 4.58. The Morgan fingerprint density at radius 2 is 1.94 bits per heavy atom. The van der Waals surface area contributed by atoms with Gasteiger partial charge in [0.1, 0.15) is 6.04 Å². The molecule has 1 fully saturated rings. The number of hydrogen-bond donors (Lipinski definition) is 2. The summed E-state index contributed by atoms with van der Waals surface area (Å²) in [5, 5.41) is 2.72. The van der Waals surface area contributed by atoms with Crippen molar-refractivity contribution < 1.29 is 9.59 Å². The first-order valence-corrected chi connectivity index (χ1v) is 5.91. The zero-order chi connectivity index (χ0) is 12.1. The highest BCUT2D eigenvalue weighted by molar-refractivity contribution is 5.86. The molecule has 0 saturated carbocycles. The van der Waals surface area contributed by atoms with Gasteiger partial charge < -0.3 is 16.0 Å². The molecule has 3 amide bonds. The lowest BCUT2D eigenvalue weighted by atomic mass is 9.99. The van der Waals surface area contributed by atoms with Gasteiger partial charge in [0, 0.05) is 13.1 Å². The van der Waals surface area contributed by atoms with E-state index in [1.54, 1.807) is 4.90 Å². The molecule has 1 aliphatic rings. The number of likely N-dealkylation sites (tertiary alicyclic amines) is 1. The van der Waals surface area contributed by atoms with Gasteiger partial charge in [0.25, 0.3) is 0 Å². The summed E-state index contributed by atoms with van der Waals surface area (Å²) in [5.41, 5.74) is 5.29. The molecule has 3 N–H and O–H groups in total. The number of rotatable bonds is 4. The first-order valence-electron chi connectivity index (χ1n) is 5.91. The molecule has 0 aromatic carbocycles. The molecule has 1 saturated heterocycles. The normalized spacial score (nSPS) is 19.2. The lowest BCUT2D eigenvalue weighted by Crippen LogP contribution is -2.52. The van der Waals surface area contributed by atoms with Gasteiger partial charge >= 0.3 is 6.03 Å². The minimum Gasteiger partial charge on any atom is -0.368 e. The average molecular weight is 227 g/mol. The number of nitrogens with two attached hydrogens (primary N) is 1. The number of hydrogen-bond acceptors (Lipinski definition) is 2. The minimum absolute atomic E-state index is 0.0732. The Balaban J connectivity index is 2.53. The van der Waals surface area contributed by atoms with Gasteiger partial charge in [0.05, 0.1) is 0 Å². The Labute approximate surface area is 96.4 Å². The molecular weight excluding hydrogens is 206 g/mol. The summed E-state index contributed by atoms with van der Waals surface area (Å²) < 4.78 is 0. The molecule has 1 rings (SSSR count). The van der Waals surface area contributed by atoms with Crippen LogP contribution in [-0.4, -0.2) is 36.0 Å². The second-order valence-electron chi connectivity index (χ2n) is 4.41. The van der Waals surface area contributed by atoms with Crippen LogP contribution in [0.3, 0.4) is 0 Å². The quantitative estimate of drug-likeness (QED) is 0.741. The Bertz CT molecular complexity index is 262. The number of primary amides is 1. The van der Waals surface area contributed by atoms with E-state index in [0.717, 1.165) is 32.4 Å². The molecule has 1 aliphatic heterocycles. The van der Waals surface area contributed by atoms with Crippen molar-refractivity contribution in [1.82, 2.24) is 10.2 Å². The number of urea groups is 1. The fourth-order valence-electron chi connectivity index (χ4n) is 1.87. The maximum absolute atomic E-state index is 11.8. The van der Waals surface area contributed by atoms with Crippen molar-refractivity contribution in [1.29, 1.82) is 0 Å². The number of nitrogens with zero attached hydrogens (tertiary/aromatic N) is 1. The number of nitrogens with one attached hydrogen (secondary N) is 1. The van der Waals surface area contributed by atoms with Gasteiger partial charge in [0.15, 0.2) is 0 Å². The van der Waals surface area contributed by atoms with E-state index in [0.29, 0.717) is 0 Å². The van der Waals surface area contributed by atoms with Gasteiger partial charge in [-0.15, -0.1) is 0 Å². The highest BCUT2D eigenvalue weighted by atomic mass is 16.2. The van der Waals surface area contributed by atoms with E-state index in [1.807, 2.05) is 13.8 Å². The first-order chi connectivity index (χ1) is 7.56. The average Bonchev–Trinajstić information content (AvgIpc) is 2.77. The van der Waals surface area contributed by atoms with Gasteiger partial charge in [-0.05, 0) is 18.8 Å². The van der Waals surface area contributed by atoms with Crippen molar-refractivity contribution in [3.63, 3.8) is 0 Å². The highest BCUT2D eigenvalue weighted by Crippen LogP contribution is 2.11. The number of carbonyl (C=O) groups is 2. The molecule has 0 radical (unpaired) electrons. The van der Waals surface area contributed by atoms with E-state index < -0.39 is 11.9 Å². The largest absolute Gasteiger partial charge is 0.368 e. The van der Waals surface area contributed by atoms with Crippen LogP contribution in [0.15, 0.2) is 0 Å². The van der Waals surface area contributed by atoms with Crippen molar-refractivity contribution in [2.24, 2.45) is 11.7 Å². The smallest absolute Gasteiger partial charge is 0.318 e. The molecule has 0 unspecified atom stereocenters. The van der Waals surface area contributed by atoms with E-state index in [2.05, 4.69) is 5.32 Å². The van der Waals surface area contributed by atoms with Gasteiger partial charge in [-0.25, -0.2) is 4.79 Å². The van der Waals surface area contributed by atoms with Crippen LogP contribution in [0.5, 0.6) is 0 Å². The predicted octanol–water partition coefficient (Wildman–Crippen LogP) is 0.692. The maximum Gasteiger partial charge on any atom is 0.318 e. The fourth-order valence-corrected chi connectivity index (χ4v) is 1.87. The van der Waals surface area contributed by atoms with Crippen LogP contribution in [0.25, 0.3) is 0 Å². The van der Waals surface area contributed by atoms with Crippen molar-refractivity contribution in [3.8, 4) is 0 Å². The Morgan fingerprint density at radius 3 is 2.38 bits per heavy atom. The van der Waals surface area contributed by atoms with Crippen LogP contribution >= 0.6 is 0 Å². The van der Waals surface area contributed by atoms with Crippen LogP contribution < -0.4 is 11.1 Å². The van der Waals surface area contributed by atoms with E-state index in [1.165, 1.54) is 0 Å². The maximum atomic E-state index is 11.8. The SMILES string of the molecule is CC[C@H](C)[C@H](NC(=O)N1CCCC1)C(N)=O. The van der Waals surface area contributed by atoms with Gasteiger partial charge in [0.2, 0.25) is 5.91 Å². The van der Waals surface area contributed by atoms with E-state index in [9.17, 15) is 9.59 Å². The van der Waals surface area contributed by atoms with Crippen molar-refractivity contribution in [2.75, 3.05) is 13.1 Å². The highest BCUT2D eigenvalue weighted by Gasteiger charge is 2.26. The first kappa shape index (κ1) is 12.8. The van der Waals surface area contributed by atoms with Gasteiger partial charge in [-0.1, -0.05) is 20.3 Å². The molecule has 2 atom stereocenters. The van der Waals surface area contributed by atoms with Crippen molar-refractivity contribution in [2.45, 2.75) is 39.2 Å². The summed E-state index contributed by atoms with van der Waals surface area (Å²) in [6.45, 7) is 5.44. The van der Waals surface area contributed by atoms with Gasteiger partial charge in [-0.2, -0.15) is 0 Å². The Hall–Kier alpha value is -1.26. The third-order valence-corrected chi connectivity index (χ3v) is 3.19. The summed E-state index contributed by atoms with van der Waals surface area (Å²) in [4.78, 5) is 24.8. The van der Waals surface area contributed by atoms with Crippen LogP contribution in [0.1, 0.15) is 33.1 Å². The molecule has 0 bridgehead atoms. The summed E-state index contributed by atoms with van der Waals surface area (Å²) >= 11 is 0. The van der Waals surface area contributed by atoms with Crippen LogP contribution in [0.4, 0.5) is 4.79 Å². The lowest BCUT2D eigenvalue weighted by Gasteiger charge is -2.24. The summed E-state index contributed by atoms with van der Waals surface area (Å²) in [6.07, 6.45) is 2.89. The van der Waals surface area contributed by atoms with Crippen LogP contribution in [-0.2, 0) is 4.79 Å². The van der Waals surface area contributed by atoms with Crippen molar-refractivity contribution in [3.05, 3.63) is 0 Å². The summed E-state index contributed by atoms with van der Waals surface area (Å²) in [6, 6.07) is -0.722. The second kappa shape index (κ2) is 5.72. The summed E-state index contributed by atoms with van der Waals surface area (Å²) in [7, 11) is 0. The zero-order valence-electron chi connectivity index (χ0n) is 10.0. The Morgan fingerprint density at radius 1 is 1.38 bits per heavy atom. The van der Waals surface area contributed by atoms with E-state index >= 15 is 0 Å². The number of carbonyl (C=O) groups excluding carboxylic acids is 2. The molecule has 5 nitrogen and oxygen atoms in total. The molecule has 0 aromatic heterocycles. The minimum atomic E-state index is -0.557. The van der Waals surface area contributed by atoms with E-state index in [4.69, 9.17) is 5.73 Å². The molecule has 1 heterocycles. The topological polar surface area (TPSA) is 75.4 Å². The molecule has 0 aliphatic carbocycles. The fraction of sp³-hybridized carbons (Fsp3) is 0.818. The van der Waals surface area contributed by atoms with Gasteiger partial charge in [-0.3, -0.25) is 4.79 Å². The zero-order valence-corrected chi connectivity index (χ0v) is 10.0. The molecule has 5 heteroatoms. The monoisotopic (exact) mass is 227 g/mol. The standard InChI is InChI=1S/C11H21N3O2/c1-3-8(2)9(10(12)15)13-11(16)14-6-4-5-7-14/h8-9H,3-7H2,1-2H3,(H2,12,15)(H,13,16)/t8-,9-/m0/s1. The molecule has 0 aromatic rings. The number of amides is 3.